The number of carbonyl (C=O) groups excluding carboxylic acids is 4. The lowest BCUT2D eigenvalue weighted by Gasteiger charge is -2.28. The molecular formula is C22H27N3O4. The second-order valence-corrected chi connectivity index (χ2v) is 8.15. The number of imide groups is 1. The SMILES string of the molecule is O=C(NC1CCCCC1)[C@@H]1CCCN1C(=O)CCN1C(=O)c2ccccc2C1=O. The highest BCUT2D eigenvalue weighted by Gasteiger charge is 2.38. The Morgan fingerprint density at radius 2 is 1.59 bits per heavy atom. The molecular weight excluding hydrogens is 370 g/mol. The molecule has 0 aromatic heterocycles. The van der Waals surface area contributed by atoms with Crippen LogP contribution in [0.25, 0.3) is 0 Å². The van der Waals surface area contributed by atoms with Crippen molar-refractivity contribution in [3.05, 3.63) is 35.4 Å². The molecule has 7 nitrogen and oxygen atoms in total. The predicted molar refractivity (Wildman–Crippen MR) is 106 cm³/mol. The van der Waals surface area contributed by atoms with Gasteiger partial charge < -0.3 is 10.2 Å². The number of rotatable bonds is 5. The molecule has 1 aromatic rings. The number of nitrogens with zero attached hydrogens (tertiary/aromatic N) is 2. The van der Waals surface area contributed by atoms with Crippen molar-refractivity contribution in [3.63, 3.8) is 0 Å². The van der Waals surface area contributed by atoms with E-state index >= 15 is 0 Å². The first-order chi connectivity index (χ1) is 14.1. The molecule has 0 bridgehead atoms. The van der Waals surface area contributed by atoms with Gasteiger partial charge in [-0.3, -0.25) is 24.1 Å². The van der Waals surface area contributed by atoms with Gasteiger partial charge in [0.2, 0.25) is 11.8 Å². The van der Waals surface area contributed by atoms with Crippen LogP contribution in [0.2, 0.25) is 0 Å². The summed E-state index contributed by atoms with van der Waals surface area (Å²) < 4.78 is 0. The molecule has 4 rings (SSSR count). The number of likely N-dealkylation sites (tertiary alicyclic amines) is 1. The van der Waals surface area contributed by atoms with E-state index < -0.39 is 6.04 Å². The smallest absolute Gasteiger partial charge is 0.261 e. The average Bonchev–Trinajstić information content (AvgIpc) is 3.32. The zero-order valence-electron chi connectivity index (χ0n) is 16.6. The van der Waals surface area contributed by atoms with E-state index in [0.717, 1.165) is 37.0 Å². The molecule has 4 amide bonds. The van der Waals surface area contributed by atoms with Crippen molar-refractivity contribution >= 4 is 23.6 Å². The molecule has 2 heterocycles. The summed E-state index contributed by atoms with van der Waals surface area (Å²) in [5, 5.41) is 3.12. The summed E-state index contributed by atoms with van der Waals surface area (Å²) in [6.07, 6.45) is 7.01. The summed E-state index contributed by atoms with van der Waals surface area (Å²) in [5.74, 6) is -0.954. The maximum absolute atomic E-state index is 12.8. The Kier molecular flexibility index (Phi) is 5.65. The first-order valence-electron chi connectivity index (χ1n) is 10.6. The average molecular weight is 397 g/mol. The van der Waals surface area contributed by atoms with Crippen LogP contribution in [0.4, 0.5) is 0 Å². The van der Waals surface area contributed by atoms with Crippen LogP contribution in [0.1, 0.15) is 72.1 Å². The van der Waals surface area contributed by atoms with Crippen LogP contribution in [0.5, 0.6) is 0 Å². The van der Waals surface area contributed by atoms with E-state index in [1.807, 2.05) is 0 Å². The molecule has 29 heavy (non-hydrogen) atoms. The van der Waals surface area contributed by atoms with Crippen LogP contribution in [-0.4, -0.2) is 58.6 Å². The topological polar surface area (TPSA) is 86.8 Å². The molecule has 7 heteroatoms. The fourth-order valence-corrected chi connectivity index (χ4v) is 4.68. The first kappa shape index (κ1) is 19.6. The monoisotopic (exact) mass is 397 g/mol. The van der Waals surface area contributed by atoms with E-state index in [4.69, 9.17) is 0 Å². The number of amides is 4. The van der Waals surface area contributed by atoms with Gasteiger partial charge in [-0.1, -0.05) is 31.4 Å². The summed E-state index contributed by atoms with van der Waals surface area (Å²) in [6.45, 7) is 0.586. The van der Waals surface area contributed by atoms with Gasteiger partial charge in [0.1, 0.15) is 6.04 Å². The second kappa shape index (κ2) is 8.35. The third-order valence-electron chi connectivity index (χ3n) is 6.25. The van der Waals surface area contributed by atoms with Crippen LogP contribution in [0, 0.1) is 0 Å². The maximum atomic E-state index is 12.8. The largest absolute Gasteiger partial charge is 0.352 e. The summed E-state index contributed by atoms with van der Waals surface area (Å²) in [6, 6.07) is 6.47. The van der Waals surface area contributed by atoms with Gasteiger partial charge in [0.05, 0.1) is 11.1 Å². The molecule has 1 aliphatic carbocycles. The summed E-state index contributed by atoms with van der Waals surface area (Å²) >= 11 is 0. The van der Waals surface area contributed by atoms with Gasteiger partial charge in [-0.25, -0.2) is 0 Å². The van der Waals surface area contributed by atoms with E-state index in [9.17, 15) is 19.2 Å². The summed E-state index contributed by atoms with van der Waals surface area (Å²) in [7, 11) is 0. The van der Waals surface area contributed by atoms with Crippen molar-refractivity contribution in [2.75, 3.05) is 13.1 Å². The third-order valence-corrected chi connectivity index (χ3v) is 6.25. The van der Waals surface area contributed by atoms with Crippen molar-refractivity contribution in [2.45, 2.75) is 63.5 Å². The molecule has 0 radical (unpaired) electrons. The Bertz CT molecular complexity index is 796. The van der Waals surface area contributed by atoms with Crippen LogP contribution >= 0.6 is 0 Å². The Balaban J connectivity index is 1.34. The minimum atomic E-state index is -0.438. The number of hydrogen-bond acceptors (Lipinski definition) is 4. The van der Waals surface area contributed by atoms with Crippen molar-refractivity contribution in [1.29, 1.82) is 0 Å². The van der Waals surface area contributed by atoms with Crippen LogP contribution in [0.3, 0.4) is 0 Å². The predicted octanol–water partition coefficient (Wildman–Crippen LogP) is 2.11. The minimum Gasteiger partial charge on any atom is -0.352 e. The number of fused-ring (bicyclic) bond motifs is 1. The lowest BCUT2D eigenvalue weighted by Crippen LogP contribution is -2.49. The molecule has 0 spiro atoms. The van der Waals surface area contributed by atoms with Crippen molar-refractivity contribution in [2.24, 2.45) is 0 Å². The molecule has 154 valence electrons. The molecule has 1 N–H and O–H groups in total. The first-order valence-corrected chi connectivity index (χ1v) is 10.6. The summed E-state index contributed by atoms with van der Waals surface area (Å²) in [4.78, 5) is 53.2. The highest BCUT2D eigenvalue weighted by atomic mass is 16.2. The molecule has 2 aliphatic heterocycles. The second-order valence-electron chi connectivity index (χ2n) is 8.15. The van der Waals surface area contributed by atoms with Gasteiger partial charge in [0, 0.05) is 25.6 Å². The Labute approximate surface area is 170 Å². The number of benzene rings is 1. The third kappa shape index (κ3) is 3.91. The van der Waals surface area contributed by atoms with Gasteiger partial charge in [-0.05, 0) is 37.8 Å². The quantitative estimate of drug-likeness (QED) is 0.771. The van der Waals surface area contributed by atoms with Crippen molar-refractivity contribution in [1.82, 2.24) is 15.1 Å². The maximum Gasteiger partial charge on any atom is 0.261 e. The van der Waals surface area contributed by atoms with Crippen LogP contribution in [0.15, 0.2) is 24.3 Å². The molecule has 1 saturated carbocycles. The zero-order chi connectivity index (χ0) is 20.4. The number of hydrogen-bond donors (Lipinski definition) is 1. The van der Waals surface area contributed by atoms with E-state index in [0.29, 0.717) is 24.1 Å². The van der Waals surface area contributed by atoms with E-state index in [-0.39, 0.29) is 42.6 Å². The fourth-order valence-electron chi connectivity index (χ4n) is 4.68. The summed E-state index contributed by atoms with van der Waals surface area (Å²) in [5.41, 5.74) is 0.770. The molecule has 3 aliphatic rings. The van der Waals surface area contributed by atoms with Crippen LogP contribution in [-0.2, 0) is 9.59 Å². The van der Waals surface area contributed by atoms with Gasteiger partial charge in [-0.15, -0.1) is 0 Å². The normalized spacial score (nSPS) is 22.1. The van der Waals surface area contributed by atoms with Gasteiger partial charge >= 0.3 is 0 Å². The Hall–Kier alpha value is -2.70. The standard InChI is InChI=1S/C22H27N3O4/c26-19(12-14-25-21(28)16-9-4-5-10-17(16)22(25)29)24-13-6-11-18(24)20(27)23-15-7-2-1-3-8-15/h4-5,9-10,15,18H,1-3,6-8,11-14H2,(H,23,27)/t18-/m0/s1. The fraction of sp³-hybridized carbons (Fsp3) is 0.545. The Morgan fingerprint density at radius 1 is 0.931 bits per heavy atom. The highest BCUT2D eigenvalue weighted by Crippen LogP contribution is 2.24. The van der Waals surface area contributed by atoms with Gasteiger partial charge in [-0.2, -0.15) is 0 Å². The Morgan fingerprint density at radius 3 is 2.24 bits per heavy atom. The van der Waals surface area contributed by atoms with Crippen molar-refractivity contribution < 1.29 is 19.2 Å². The van der Waals surface area contributed by atoms with Crippen molar-refractivity contribution in [3.8, 4) is 0 Å². The lowest BCUT2D eigenvalue weighted by molar-refractivity contribution is -0.138. The van der Waals surface area contributed by atoms with Gasteiger partial charge in [0.25, 0.3) is 11.8 Å². The molecule has 0 unspecified atom stereocenters. The number of nitrogens with one attached hydrogen (secondary N) is 1. The van der Waals surface area contributed by atoms with Crippen LogP contribution < -0.4 is 5.32 Å². The molecule has 1 aromatic carbocycles. The van der Waals surface area contributed by atoms with E-state index in [1.54, 1.807) is 29.2 Å². The lowest BCUT2D eigenvalue weighted by atomic mass is 9.95. The van der Waals surface area contributed by atoms with Gasteiger partial charge in [0.15, 0.2) is 0 Å². The molecule has 1 atom stereocenters. The van der Waals surface area contributed by atoms with E-state index in [1.165, 1.54) is 6.42 Å². The van der Waals surface area contributed by atoms with E-state index in [2.05, 4.69) is 5.32 Å². The number of carbonyl (C=O) groups is 4. The minimum absolute atomic E-state index is 0.0403. The highest BCUT2D eigenvalue weighted by molar-refractivity contribution is 6.21. The molecule has 2 fully saturated rings. The zero-order valence-corrected chi connectivity index (χ0v) is 16.6. The molecule has 1 saturated heterocycles.